The zero-order valence-corrected chi connectivity index (χ0v) is 38.6. The molecule has 11 rings (SSSR count). The van der Waals surface area contributed by atoms with Crippen molar-refractivity contribution < 1.29 is 24.5 Å². The molecule has 0 aliphatic rings. The first-order valence-corrected chi connectivity index (χ1v) is 24.5. The molecule has 0 aliphatic heterocycles. The fraction of sp³-hybridized carbons (Fsp3) is 0.0526. The molecule has 0 unspecified atom stereocenters. The monoisotopic (exact) mass is 1010 g/mol. The molecular weight excluding hydrogens is 963 g/mol. The standard InChI is InChI=1S/C43H27N2O.C14H16NSi.Ir/c1-4-15-29(16-5-1)32-27-36(30-17-6-2-7-18-30)41(37(28-32)31-19-8-3-9-20-31)45-39-25-12-11-24-38(39)44-43(45)35-23-14-22-34-33-21-10-13-26-40(33)46-42(34)35;1-16(2,3)13-9-10-14(15-11-13)12-7-5-4-6-8-12;/h1-22,24-28H;4-7,9-11H,1-3H3;/q2*-1;. The zero-order chi connectivity index (χ0) is 42.0. The third-order valence-corrected chi connectivity index (χ3v) is 13.4. The number of aromatic nitrogens is 3. The number of nitrogens with zero attached hydrogens (tertiary/aromatic N) is 3. The number of hydrogen-bond acceptors (Lipinski definition) is 3. The van der Waals surface area contributed by atoms with Gasteiger partial charge in [0.15, 0.2) is 0 Å². The fourth-order valence-electron chi connectivity index (χ4n) is 8.17. The molecular formula is C57H43IrN3OSi-2. The minimum atomic E-state index is -1.23. The molecule has 0 atom stereocenters. The summed E-state index contributed by atoms with van der Waals surface area (Å²) < 4.78 is 8.86. The molecule has 0 aliphatic carbocycles. The number of hydrogen-bond donors (Lipinski definition) is 0. The van der Waals surface area contributed by atoms with Gasteiger partial charge in [-0.2, -0.15) is 0 Å². The molecule has 0 amide bonds. The van der Waals surface area contributed by atoms with Crippen molar-refractivity contribution in [3.05, 3.63) is 219 Å². The quantitative estimate of drug-likeness (QED) is 0.118. The number of pyridine rings is 1. The molecule has 0 N–H and O–H groups in total. The van der Waals surface area contributed by atoms with Gasteiger partial charge in [-0.15, -0.1) is 54.1 Å². The van der Waals surface area contributed by atoms with E-state index < -0.39 is 8.07 Å². The third kappa shape index (κ3) is 8.25. The topological polar surface area (TPSA) is 43.9 Å². The third-order valence-electron chi connectivity index (χ3n) is 11.3. The molecule has 3 aromatic heterocycles. The van der Waals surface area contributed by atoms with Gasteiger partial charge < -0.3 is 14.0 Å². The van der Waals surface area contributed by atoms with Gasteiger partial charge in [0.1, 0.15) is 5.58 Å². The number of imidazole rings is 1. The molecule has 4 nitrogen and oxygen atoms in total. The summed E-state index contributed by atoms with van der Waals surface area (Å²) >= 11 is 0. The first-order chi connectivity index (χ1) is 30.4. The summed E-state index contributed by atoms with van der Waals surface area (Å²) in [5.41, 5.74) is 14.3. The zero-order valence-electron chi connectivity index (χ0n) is 35.2. The van der Waals surface area contributed by atoms with Crippen molar-refractivity contribution in [1.29, 1.82) is 0 Å². The summed E-state index contributed by atoms with van der Waals surface area (Å²) in [5, 5.41) is 3.53. The number of furan rings is 1. The summed E-state index contributed by atoms with van der Waals surface area (Å²) in [5.74, 6) is 0.785. The van der Waals surface area contributed by atoms with Crippen molar-refractivity contribution in [3.63, 3.8) is 0 Å². The molecule has 8 aromatic carbocycles. The second-order valence-corrected chi connectivity index (χ2v) is 21.5. The summed E-state index contributed by atoms with van der Waals surface area (Å²) in [7, 11) is -1.23. The van der Waals surface area contributed by atoms with Crippen LogP contribution in [-0.2, 0) is 20.1 Å². The van der Waals surface area contributed by atoms with E-state index in [9.17, 15) is 0 Å². The van der Waals surface area contributed by atoms with Crippen molar-refractivity contribution in [1.82, 2.24) is 14.5 Å². The van der Waals surface area contributed by atoms with Crippen LogP contribution < -0.4 is 5.19 Å². The average molecular weight is 1010 g/mol. The van der Waals surface area contributed by atoms with E-state index in [1.807, 2.05) is 54.7 Å². The van der Waals surface area contributed by atoms with Crippen LogP contribution in [-0.4, -0.2) is 22.6 Å². The van der Waals surface area contributed by atoms with Crippen LogP contribution in [0, 0.1) is 12.1 Å². The minimum Gasteiger partial charge on any atom is -0.501 e. The van der Waals surface area contributed by atoms with E-state index >= 15 is 0 Å². The van der Waals surface area contributed by atoms with E-state index in [4.69, 9.17) is 9.40 Å². The fourth-order valence-corrected chi connectivity index (χ4v) is 9.21. The first-order valence-electron chi connectivity index (χ1n) is 21.0. The van der Waals surface area contributed by atoms with Crippen LogP contribution in [0.4, 0.5) is 0 Å². The Bertz CT molecular complexity index is 3240. The van der Waals surface area contributed by atoms with E-state index in [0.29, 0.717) is 0 Å². The van der Waals surface area contributed by atoms with Gasteiger partial charge in [-0.25, -0.2) is 0 Å². The van der Waals surface area contributed by atoms with E-state index in [1.54, 1.807) is 0 Å². The molecule has 0 saturated carbocycles. The number of rotatable bonds is 7. The Kier molecular flexibility index (Phi) is 11.7. The second-order valence-electron chi connectivity index (χ2n) is 16.4. The number of benzene rings is 8. The Morgan fingerprint density at radius 1 is 0.540 bits per heavy atom. The van der Waals surface area contributed by atoms with Gasteiger partial charge in [0.25, 0.3) is 0 Å². The van der Waals surface area contributed by atoms with Gasteiger partial charge in [0.05, 0.1) is 36.2 Å². The van der Waals surface area contributed by atoms with E-state index in [1.165, 1.54) is 10.8 Å². The molecule has 0 spiro atoms. The van der Waals surface area contributed by atoms with Gasteiger partial charge in [-0.05, 0) is 63.5 Å². The van der Waals surface area contributed by atoms with Crippen LogP contribution >= 0.6 is 0 Å². The second kappa shape index (κ2) is 17.8. The van der Waals surface area contributed by atoms with E-state index in [-0.39, 0.29) is 20.1 Å². The first kappa shape index (κ1) is 41.4. The molecule has 0 fully saturated rings. The molecule has 1 radical (unpaired) electrons. The average Bonchev–Trinajstić information content (AvgIpc) is 3.91. The maximum Gasteiger partial charge on any atom is 0.120 e. The Hall–Kier alpha value is -6.95. The Labute approximate surface area is 382 Å². The normalized spacial score (nSPS) is 11.3. The largest absolute Gasteiger partial charge is 0.501 e. The Balaban J connectivity index is 0.000000251. The molecule has 63 heavy (non-hydrogen) atoms. The number of fused-ring (bicyclic) bond motifs is 4. The maximum absolute atomic E-state index is 6.55. The molecule has 11 aromatic rings. The van der Waals surface area contributed by atoms with Crippen molar-refractivity contribution >= 4 is 46.2 Å². The summed E-state index contributed by atoms with van der Waals surface area (Å²) in [6.45, 7) is 7.00. The molecule has 0 bridgehead atoms. The summed E-state index contributed by atoms with van der Waals surface area (Å²) in [4.78, 5) is 9.82. The van der Waals surface area contributed by atoms with Crippen molar-refractivity contribution in [3.8, 4) is 61.7 Å². The van der Waals surface area contributed by atoms with E-state index in [0.717, 1.165) is 89.1 Å². The van der Waals surface area contributed by atoms with Gasteiger partial charge >= 0.3 is 0 Å². The minimum absolute atomic E-state index is 0. The van der Waals surface area contributed by atoms with Gasteiger partial charge in [-0.1, -0.05) is 164 Å². The SMILES string of the molecule is C[Si](C)(C)c1ccc(-c2[c-]cccc2)nc1.[Ir].[c-]1ccc2c(oc3ccccc32)c1-c1nc2ccccc2n1-c1c(-c2ccccc2)cc(-c2ccccc2)cc1-c1ccccc1. The Morgan fingerprint density at radius 2 is 1.16 bits per heavy atom. The molecule has 0 saturated heterocycles. The summed E-state index contributed by atoms with van der Waals surface area (Å²) in [6.07, 6.45) is 2.02. The van der Waals surface area contributed by atoms with Crippen molar-refractivity contribution in [2.75, 3.05) is 0 Å². The van der Waals surface area contributed by atoms with Gasteiger partial charge in [0.2, 0.25) is 0 Å². The maximum atomic E-state index is 6.55. The van der Waals surface area contributed by atoms with Crippen LogP contribution in [0.25, 0.3) is 94.7 Å². The van der Waals surface area contributed by atoms with Gasteiger partial charge in [0, 0.05) is 42.8 Å². The Morgan fingerprint density at radius 3 is 1.79 bits per heavy atom. The predicted molar refractivity (Wildman–Crippen MR) is 260 cm³/mol. The number of para-hydroxylation sites is 3. The molecule has 307 valence electrons. The predicted octanol–water partition coefficient (Wildman–Crippen LogP) is 14.5. The van der Waals surface area contributed by atoms with Crippen LogP contribution in [0.1, 0.15) is 0 Å². The van der Waals surface area contributed by atoms with Crippen LogP contribution in [0.2, 0.25) is 19.6 Å². The smallest absolute Gasteiger partial charge is 0.120 e. The molecule has 3 heterocycles. The van der Waals surface area contributed by atoms with Crippen molar-refractivity contribution in [2.24, 2.45) is 0 Å². The van der Waals surface area contributed by atoms with Crippen molar-refractivity contribution in [2.45, 2.75) is 19.6 Å². The van der Waals surface area contributed by atoms with E-state index in [2.05, 4.69) is 193 Å². The summed E-state index contributed by atoms with van der Waals surface area (Å²) in [6, 6.07) is 76.1. The molecule has 6 heteroatoms. The van der Waals surface area contributed by atoms with Gasteiger partial charge in [-0.3, -0.25) is 4.98 Å². The van der Waals surface area contributed by atoms with Crippen LogP contribution in [0.5, 0.6) is 0 Å². The van der Waals surface area contributed by atoms with Crippen LogP contribution in [0.15, 0.2) is 211 Å². The van der Waals surface area contributed by atoms with Crippen LogP contribution in [0.3, 0.4) is 0 Å².